The number of anilines is 1. The zero-order valence-corrected chi connectivity index (χ0v) is 11.4. The molecule has 0 amide bonds. The van der Waals surface area contributed by atoms with Crippen molar-refractivity contribution in [3.05, 3.63) is 29.3 Å². The number of hydrogen-bond acceptors (Lipinski definition) is 2. The van der Waals surface area contributed by atoms with Crippen molar-refractivity contribution in [2.45, 2.75) is 39.5 Å². The van der Waals surface area contributed by atoms with Gasteiger partial charge in [0.05, 0.1) is 11.3 Å². The van der Waals surface area contributed by atoms with Gasteiger partial charge in [0.2, 0.25) is 0 Å². The number of aryl methyl sites for hydroxylation is 1. The number of nitrogens with one attached hydrogen (secondary N) is 1. The van der Waals surface area contributed by atoms with Gasteiger partial charge >= 0.3 is 0 Å². The fourth-order valence-corrected chi connectivity index (χ4v) is 2.84. The Hall–Kier alpha value is -1.49. The Kier molecular flexibility index (Phi) is 4.25. The molecule has 1 fully saturated rings. The first-order chi connectivity index (χ1) is 8.70. The third-order valence-electron chi connectivity index (χ3n) is 4.14. The lowest BCUT2D eigenvalue weighted by Gasteiger charge is -2.29. The summed E-state index contributed by atoms with van der Waals surface area (Å²) in [6, 6.07) is 8.32. The van der Waals surface area contributed by atoms with E-state index in [9.17, 15) is 0 Å². The largest absolute Gasteiger partial charge is 0.384 e. The van der Waals surface area contributed by atoms with Crippen molar-refractivity contribution in [1.29, 1.82) is 5.26 Å². The van der Waals surface area contributed by atoms with Crippen molar-refractivity contribution in [1.82, 2.24) is 0 Å². The van der Waals surface area contributed by atoms with Crippen LogP contribution in [0.5, 0.6) is 0 Å². The lowest BCUT2D eigenvalue weighted by atomic mass is 9.80. The molecule has 0 radical (unpaired) electrons. The average Bonchev–Trinajstić information content (AvgIpc) is 2.39. The highest BCUT2D eigenvalue weighted by molar-refractivity contribution is 5.58. The lowest BCUT2D eigenvalue weighted by Crippen LogP contribution is -2.24. The van der Waals surface area contributed by atoms with Crippen molar-refractivity contribution in [3.63, 3.8) is 0 Å². The van der Waals surface area contributed by atoms with E-state index in [2.05, 4.69) is 24.4 Å². The second-order valence-electron chi connectivity index (χ2n) is 5.56. The molecule has 0 spiro atoms. The van der Waals surface area contributed by atoms with Crippen LogP contribution < -0.4 is 5.32 Å². The van der Waals surface area contributed by atoms with Crippen molar-refractivity contribution in [2.24, 2.45) is 11.8 Å². The number of nitrogens with zero attached hydrogens (tertiary/aromatic N) is 1. The topological polar surface area (TPSA) is 35.8 Å². The van der Waals surface area contributed by atoms with Crippen LogP contribution >= 0.6 is 0 Å². The summed E-state index contributed by atoms with van der Waals surface area (Å²) in [5, 5.41) is 12.6. The Labute approximate surface area is 110 Å². The van der Waals surface area contributed by atoms with Gasteiger partial charge < -0.3 is 5.32 Å². The van der Waals surface area contributed by atoms with E-state index in [-0.39, 0.29) is 0 Å². The van der Waals surface area contributed by atoms with Gasteiger partial charge in [-0.05, 0) is 42.9 Å². The first-order valence-electron chi connectivity index (χ1n) is 6.95. The standard InChI is InChI=1S/C16H22N2/c1-12-7-8-16(15(9-12)10-17)18-11-14-6-4-3-5-13(14)2/h7-9,13-14,18H,3-6,11H2,1-2H3. The molecule has 1 aromatic rings. The molecular weight excluding hydrogens is 220 g/mol. The number of rotatable bonds is 3. The first kappa shape index (κ1) is 13.0. The van der Waals surface area contributed by atoms with Gasteiger partial charge in [0, 0.05) is 6.54 Å². The van der Waals surface area contributed by atoms with Gasteiger partial charge in [0.15, 0.2) is 0 Å². The average molecular weight is 242 g/mol. The molecule has 1 aromatic carbocycles. The summed E-state index contributed by atoms with van der Waals surface area (Å²) in [5.41, 5.74) is 2.89. The molecule has 2 atom stereocenters. The van der Waals surface area contributed by atoms with Gasteiger partial charge in [0.25, 0.3) is 0 Å². The maximum atomic E-state index is 9.14. The molecule has 0 aromatic heterocycles. The van der Waals surface area contributed by atoms with Crippen molar-refractivity contribution in [2.75, 3.05) is 11.9 Å². The van der Waals surface area contributed by atoms with Gasteiger partial charge in [0.1, 0.15) is 6.07 Å². The molecule has 18 heavy (non-hydrogen) atoms. The predicted octanol–water partition coefficient (Wildman–Crippen LogP) is 4.10. The number of benzene rings is 1. The normalized spacial score (nSPS) is 23.4. The van der Waals surface area contributed by atoms with Crippen LogP contribution in [0.15, 0.2) is 18.2 Å². The number of nitriles is 1. The van der Waals surface area contributed by atoms with Crippen LogP contribution in [-0.4, -0.2) is 6.54 Å². The quantitative estimate of drug-likeness (QED) is 0.866. The summed E-state index contributed by atoms with van der Waals surface area (Å²) in [6.07, 6.45) is 5.41. The van der Waals surface area contributed by atoms with Gasteiger partial charge in [-0.25, -0.2) is 0 Å². The lowest BCUT2D eigenvalue weighted by molar-refractivity contribution is 0.268. The van der Waals surface area contributed by atoms with E-state index >= 15 is 0 Å². The SMILES string of the molecule is Cc1ccc(NCC2CCCCC2C)c(C#N)c1. The van der Waals surface area contributed by atoms with Crippen LogP contribution in [0, 0.1) is 30.1 Å². The molecule has 0 saturated heterocycles. The summed E-state index contributed by atoms with van der Waals surface area (Å²) in [6.45, 7) is 5.37. The summed E-state index contributed by atoms with van der Waals surface area (Å²) >= 11 is 0. The van der Waals surface area contributed by atoms with Crippen molar-refractivity contribution in [3.8, 4) is 6.07 Å². The monoisotopic (exact) mass is 242 g/mol. The minimum Gasteiger partial charge on any atom is -0.384 e. The molecule has 2 heteroatoms. The molecule has 0 bridgehead atoms. The molecule has 2 unspecified atom stereocenters. The Morgan fingerprint density at radius 3 is 2.83 bits per heavy atom. The van der Waals surface area contributed by atoms with Crippen LogP contribution in [0.3, 0.4) is 0 Å². The van der Waals surface area contributed by atoms with Crippen LogP contribution in [-0.2, 0) is 0 Å². The molecule has 1 saturated carbocycles. The van der Waals surface area contributed by atoms with Crippen LogP contribution in [0.25, 0.3) is 0 Å². The third kappa shape index (κ3) is 3.04. The van der Waals surface area contributed by atoms with Crippen LogP contribution in [0.2, 0.25) is 0 Å². The highest BCUT2D eigenvalue weighted by Crippen LogP contribution is 2.30. The fraction of sp³-hybridized carbons (Fsp3) is 0.562. The molecule has 1 aliphatic rings. The molecule has 1 N–H and O–H groups in total. The zero-order chi connectivity index (χ0) is 13.0. The minimum atomic E-state index is 0.756. The second-order valence-corrected chi connectivity index (χ2v) is 5.56. The maximum absolute atomic E-state index is 9.14. The Balaban J connectivity index is 1.99. The molecule has 1 aliphatic carbocycles. The molecule has 0 heterocycles. The van der Waals surface area contributed by atoms with E-state index in [1.165, 1.54) is 25.7 Å². The minimum absolute atomic E-state index is 0.756. The molecule has 0 aliphatic heterocycles. The molecule has 2 rings (SSSR count). The summed E-state index contributed by atoms with van der Waals surface area (Å²) < 4.78 is 0. The molecule has 96 valence electrons. The predicted molar refractivity (Wildman–Crippen MR) is 75.5 cm³/mol. The summed E-state index contributed by atoms with van der Waals surface area (Å²) in [5.74, 6) is 1.56. The van der Waals surface area contributed by atoms with E-state index < -0.39 is 0 Å². The van der Waals surface area contributed by atoms with Crippen molar-refractivity contribution < 1.29 is 0 Å². The molecular formula is C16H22N2. The Morgan fingerprint density at radius 2 is 2.11 bits per heavy atom. The molecule has 2 nitrogen and oxygen atoms in total. The zero-order valence-electron chi connectivity index (χ0n) is 11.4. The van der Waals surface area contributed by atoms with Crippen LogP contribution in [0.1, 0.15) is 43.7 Å². The van der Waals surface area contributed by atoms with Gasteiger partial charge in [-0.3, -0.25) is 0 Å². The van der Waals surface area contributed by atoms with Crippen LogP contribution in [0.4, 0.5) is 5.69 Å². The first-order valence-corrected chi connectivity index (χ1v) is 6.95. The summed E-state index contributed by atoms with van der Waals surface area (Å²) in [4.78, 5) is 0. The highest BCUT2D eigenvalue weighted by Gasteiger charge is 2.21. The Morgan fingerprint density at radius 1 is 1.33 bits per heavy atom. The van der Waals surface area contributed by atoms with Gasteiger partial charge in [-0.15, -0.1) is 0 Å². The van der Waals surface area contributed by atoms with Gasteiger partial charge in [-0.2, -0.15) is 5.26 Å². The van der Waals surface area contributed by atoms with Crippen molar-refractivity contribution >= 4 is 5.69 Å². The van der Waals surface area contributed by atoms with E-state index in [1.807, 2.05) is 19.1 Å². The maximum Gasteiger partial charge on any atom is 0.101 e. The third-order valence-corrected chi connectivity index (χ3v) is 4.14. The van der Waals surface area contributed by atoms with E-state index in [1.54, 1.807) is 0 Å². The van der Waals surface area contributed by atoms with Gasteiger partial charge in [-0.1, -0.05) is 32.3 Å². The number of hydrogen-bond donors (Lipinski definition) is 1. The fourth-order valence-electron chi connectivity index (χ4n) is 2.84. The van der Waals surface area contributed by atoms with E-state index in [0.717, 1.165) is 35.2 Å². The second kappa shape index (κ2) is 5.91. The Bertz CT molecular complexity index is 445. The smallest absolute Gasteiger partial charge is 0.101 e. The van der Waals surface area contributed by atoms with E-state index in [4.69, 9.17) is 5.26 Å². The van der Waals surface area contributed by atoms with E-state index in [0.29, 0.717) is 0 Å². The highest BCUT2D eigenvalue weighted by atomic mass is 14.9. The summed E-state index contributed by atoms with van der Waals surface area (Å²) in [7, 11) is 0.